The highest BCUT2D eigenvalue weighted by Gasteiger charge is 2.05. The molecule has 5 heteroatoms. The van der Waals surface area contributed by atoms with Gasteiger partial charge in [0, 0.05) is 16.7 Å². The number of halogens is 1. The van der Waals surface area contributed by atoms with Crippen LogP contribution in [0.1, 0.15) is 11.5 Å². The first-order valence-corrected chi connectivity index (χ1v) is 5.89. The third-order valence-electron chi connectivity index (χ3n) is 2.17. The lowest BCUT2D eigenvalue weighted by Crippen LogP contribution is -1.97. The Labute approximate surface area is 110 Å². The Morgan fingerprint density at radius 1 is 1.24 bits per heavy atom. The molecule has 1 aromatic heterocycles. The third-order valence-corrected chi connectivity index (χ3v) is 2.70. The maximum atomic E-state index is 8.89. The fourth-order valence-electron chi connectivity index (χ4n) is 1.39. The molecule has 84 valence electrons. The standard InChI is InChI=1S/C12H8ClN3S/c13-9-3-1-8(2-4-9)11-5-10(6-14)15-12(7-17)16-11/h1-5,17H,7H2. The number of nitrogens with zero attached hydrogens (tertiary/aromatic N) is 3. The van der Waals surface area contributed by atoms with E-state index in [2.05, 4.69) is 22.6 Å². The van der Waals surface area contributed by atoms with Crippen molar-refractivity contribution in [1.82, 2.24) is 9.97 Å². The molecule has 0 unspecified atom stereocenters. The molecule has 0 amide bonds. The van der Waals surface area contributed by atoms with E-state index in [4.69, 9.17) is 16.9 Å². The van der Waals surface area contributed by atoms with Gasteiger partial charge in [0.1, 0.15) is 17.6 Å². The second kappa shape index (κ2) is 5.17. The zero-order valence-electron chi connectivity index (χ0n) is 8.76. The first-order chi connectivity index (χ1) is 8.22. The minimum absolute atomic E-state index is 0.342. The highest BCUT2D eigenvalue weighted by molar-refractivity contribution is 7.79. The fourth-order valence-corrected chi connectivity index (χ4v) is 1.66. The van der Waals surface area contributed by atoms with E-state index in [1.807, 2.05) is 18.2 Å². The van der Waals surface area contributed by atoms with Crippen molar-refractivity contribution in [2.45, 2.75) is 5.75 Å². The van der Waals surface area contributed by atoms with E-state index in [0.29, 0.717) is 28.0 Å². The Morgan fingerprint density at radius 2 is 1.94 bits per heavy atom. The van der Waals surface area contributed by atoms with Crippen LogP contribution >= 0.6 is 24.2 Å². The topological polar surface area (TPSA) is 49.6 Å². The number of hydrogen-bond donors (Lipinski definition) is 1. The summed E-state index contributed by atoms with van der Waals surface area (Å²) in [5.41, 5.74) is 1.95. The Morgan fingerprint density at radius 3 is 2.53 bits per heavy atom. The molecule has 2 aromatic rings. The van der Waals surface area contributed by atoms with Crippen LogP contribution in [0.5, 0.6) is 0 Å². The maximum Gasteiger partial charge on any atom is 0.144 e. The van der Waals surface area contributed by atoms with Crippen molar-refractivity contribution in [2.24, 2.45) is 0 Å². The van der Waals surface area contributed by atoms with Crippen LogP contribution in [0.25, 0.3) is 11.3 Å². The van der Waals surface area contributed by atoms with E-state index in [-0.39, 0.29) is 0 Å². The van der Waals surface area contributed by atoms with E-state index >= 15 is 0 Å². The molecule has 0 aliphatic heterocycles. The van der Waals surface area contributed by atoms with Gasteiger partial charge in [0.2, 0.25) is 0 Å². The molecule has 1 aromatic carbocycles. The van der Waals surface area contributed by atoms with Gasteiger partial charge in [-0.3, -0.25) is 0 Å². The molecule has 0 fully saturated rings. The van der Waals surface area contributed by atoms with Crippen molar-refractivity contribution in [3.8, 4) is 17.3 Å². The number of nitriles is 1. The molecule has 0 aliphatic rings. The van der Waals surface area contributed by atoms with Crippen molar-refractivity contribution < 1.29 is 0 Å². The average Bonchev–Trinajstić information content (AvgIpc) is 2.39. The van der Waals surface area contributed by atoms with Gasteiger partial charge in [0.15, 0.2) is 0 Å². The summed E-state index contributed by atoms with van der Waals surface area (Å²) < 4.78 is 0. The number of aromatic nitrogens is 2. The molecule has 3 nitrogen and oxygen atoms in total. The zero-order valence-corrected chi connectivity index (χ0v) is 10.4. The molecular weight excluding hydrogens is 254 g/mol. The third kappa shape index (κ3) is 2.76. The summed E-state index contributed by atoms with van der Waals surface area (Å²) >= 11 is 9.94. The first-order valence-electron chi connectivity index (χ1n) is 4.88. The second-order valence-electron chi connectivity index (χ2n) is 3.33. The van der Waals surface area contributed by atoms with Gasteiger partial charge in [-0.1, -0.05) is 23.7 Å². The highest BCUT2D eigenvalue weighted by atomic mass is 35.5. The first kappa shape index (κ1) is 11.9. The molecule has 0 saturated carbocycles. The molecule has 17 heavy (non-hydrogen) atoms. The second-order valence-corrected chi connectivity index (χ2v) is 4.08. The SMILES string of the molecule is N#Cc1cc(-c2ccc(Cl)cc2)nc(CS)n1. The average molecular weight is 262 g/mol. The lowest BCUT2D eigenvalue weighted by atomic mass is 10.1. The van der Waals surface area contributed by atoms with Crippen molar-refractivity contribution in [2.75, 3.05) is 0 Å². The quantitative estimate of drug-likeness (QED) is 0.845. The van der Waals surface area contributed by atoms with Crippen LogP contribution < -0.4 is 0 Å². The van der Waals surface area contributed by atoms with Crippen molar-refractivity contribution >= 4 is 24.2 Å². The Balaban J connectivity index is 2.51. The molecule has 0 N–H and O–H groups in total. The number of rotatable bonds is 2. The summed E-state index contributed by atoms with van der Waals surface area (Å²) in [7, 11) is 0. The lowest BCUT2D eigenvalue weighted by Gasteiger charge is -2.03. The van der Waals surface area contributed by atoms with Crippen LogP contribution in [-0.2, 0) is 5.75 Å². The molecular formula is C12H8ClN3S. The van der Waals surface area contributed by atoms with Crippen LogP contribution in [0.15, 0.2) is 30.3 Å². The highest BCUT2D eigenvalue weighted by Crippen LogP contribution is 2.20. The van der Waals surface area contributed by atoms with E-state index in [1.165, 1.54) is 0 Å². The molecule has 0 aliphatic carbocycles. The summed E-state index contributed by atoms with van der Waals surface area (Å²) in [6, 6.07) is 10.9. The predicted octanol–water partition coefficient (Wildman–Crippen LogP) is 3.10. The van der Waals surface area contributed by atoms with Crippen LogP contribution in [0.2, 0.25) is 5.02 Å². The van der Waals surface area contributed by atoms with Gasteiger partial charge in [0.25, 0.3) is 0 Å². The van der Waals surface area contributed by atoms with E-state index in [1.54, 1.807) is 18.2 Å². The summed E-state index contributed by atoms with van der Waals surface area (Å²) in [6.07, 6.45) is 0. The number of thiol groups is 1. The Hall–Kier alpha value is -1.57. The molecule has 2 rings (SSSR count). The lowest BCUT2D eigenvalue weighted by molar-refractivity contribution is 1.03. The van der Waals surface area contributed by atoms with E-state index < -0.39 is 0 Å². The van der Waals surface area contributed by atoms with Crippen LogP contribution in [0, 0.1) is 11.3 Å². The summed E-state index contributed by atoms with van der Waals surface area (Å²) in [5, 5.41) is 9.55. The normalized spacial score (nSPS) is 9.94. The molecule has 0 saturated heterocycles. The predicted molar refractivity (Wildman–Crippen MR) is 69.9 cm³/mol. The molecule has 0 atom stereocenters. The van der Waals surface area contributed by atoms with Gasteiger partial charge < -0.3 is 0 Å². The summed E-state index contributed by atoms with van der Waals surface area (Å²) in [4.78, 5) is 8.36. The van der Waals surface area contributed by atoms with Crippen LogP contribution in [-0.4, -0.2) is 9.97 Å². The van der Waals surface area contributed by atoms with Gasteiger partial charge in [-0.25, -0.2) is 9.97 Å². The summed E-state index contributed by atoms with van der Waals surface area (Å²) in [5.74, 6) is 0.938. The van der Waals surface area contributed by atoms with Gasteiger partial charge in [-0.15, -0.1) is 0 Å². The van der Waals surface area contributed by atoms with Gasteiger partial charge in [0.05, 0.1) is 11.4 Å². The smallest absolute Gasteiger partial charge is 0.144 e. The monoisotopic (exact) mass is 261 g/mol. The van der Waals surface area contributed by atoms with Crippen molar-refractivity contribution in [1.29, 1.82) is 5.26 Å². The molecule has 0 radical (unpaired) electrons. The number of benzene rings is 1. The van der Waals surface area contributed by atoms with Crippen LogP contribution in [0.3, 0.4) is 0 Å². The summed E-state index contributed by atoms with van der Waals surface area (Å²) in [6.45, 7) is 0. The Bertz CT molecular complexity index is 575. The van der Waals surface area contributed by atoms with Crippen molar-refractivity contribution in [3.63, 3.8) is 0 Å². The maximum absolute atomic E-state index is 8.89. The van der Waals surface area contributed by atoms with Gasteiger partial charge >= 0.3 is 0 Å². The van der Waals surface area contributed by atoms with Gasteiger partial charge in [-0.2, -0.15) is 17.9 Å². The van der Waals surface area contributed by atoms with Crippen molar-refractivity contribution in [3.05, 3.63) is 46.9 Å². The molecule has 1 heterocycles. The van der Waals surface area contributed by atoms with E-state index in [9.17, 15) is 0 Å². The number of hydrogen-bond acceptors (Lipinski definition) is 4. The molecule has 0 spiro atoms. The minimum Gasteiger partial charge on any atom is -0.232 e. The largest absolute Gasteiger partial charge is 0.232 e. The minimum atomic E-state index is 0.342. The fraction of sp³-hybridized carbons (Fsp3) is 0.0833. The molecule has 0 bridgehead atoms. The Kier molecular flexibility index (Phi) is 3.62. The van der Waals surface area contributed by atoms with E-state index in [0.717, 1.165) is 5.56 Å². The van der Waals surface area contributed by atoms with Gasteiger partial charge in [-0.05, 0) is 12.1 Å². The zero-order chi connectivity index (χ0) is 12.3. The van der Waals surface area contributed by atoms with Crippen LogP contribution in [0.4, 0.5) is 0 Å².